The van der Waals surface area contributed by atoms with Crippen molar-refractivity contribution in [1.29, 1.82) is 0 Å². The molecule has 1 amide bonds. The SMILES string of the molecule is NCCCCC(N)C(=O)[N]CCCN. The second-order valence-corrected chi connectivity index (χ2v) is 3.25. The van der Waals surface area contributed by atoms with Gasteiger partial charge in [-0.3, -0.25) is 10.1 Å². The van der Waals surface area contributed by atoms with Gasteiger partial charge in [0.1, 0.15) is 0 Å². The number of amides is 1. The van der Waals surface area contributed by atoms with Crippen LogP contribution >= 0.6 is 0 Å². The zero-order valence-electron chi connectivity index (χ0n) is 8.61. The predicted octanol–water partition coefficient (Wildman–Crippen LogP) is -1.08. The van der Waals surface area contributed by atoms with Crippen molar-refractivity contribution in [3.63, 3.8) is 0 Å². The summed E-state index contributed by atoms with van der Waals surface area (Å²) < 4.78 is 0. The van der Waals surface area contributed by atoms with E-state index >= 15 is 0 Å². The van der Waals surface area contributed by atoms with Crippen molar-refractivity contribution in [1.82, 2.24) is 5.32 Å². The first-order valence-electron chi connectivity index (χ1n) is 5.09. The minimum atomic E-state index is -0.459. The molecule has 0 aromatic rings. The molecule has 1 unspecified atom stereocenters. The molecule has 0 aromatic carbocycles. The lowest BCUT2D eigenvalue weighted by molar-refractivity contribution is -0.122. The number of nitrogens with zero attached hydrogens (tertiary/aromatic N) is 1. The summed E-state index contributed by atoms with van der Waals surface area (Å²) in [6, 6.07) is -0.459. The highest BCUT2D eigenvalue weighted by Gasteiger charge is 2.12. The van der Waals surface area contributed by atoms with Crippen molar-refractivity contribution >= 4 is 5.91 Å². The van der Waals surface area contributed by atoms with Gasteiger partial charge >= 0.3 is 0 Å². The second-order valence-electron chi connectivity index (χ2n) is 3.25. The third-order valence-electron chi connectivity index (χ3n) is 1.92. The molecule has 0 aliphatic rings. The summed E-state index contributed by atoms with van der Waals surface area (Å²) in [7, 11) is 0. The van der Waals surface area contributed by atoms with Crippen LogP contribution in [0.25, 0.3) is 0 Å². The molecule has 5 nitrogen and oxygen atoms in total. The van der Waals surface area contributed by atoms with Gasteiger partial charge in [-0.05, 0) is 32.4 Å². The maximum atomic E-state index is 11.2. The van der Waals surface area contributed by atoms with Crippen LogP contribution in [0, 0.1) is 0 Å². The molecular formula is C9H21N4O. The quantitative estimate of drug-likeness (QED) is 0.434. The molecule has 14 heavy (non-hydrogen) atoms. The monoisotopic (exact) mass is 201 g/mol. The molecule has 0 saturated heterocycles. The van der Waals surface area contributed by atoms with Crippen LogP contribution in [0.5, 0.6) is 0 Å². The van der Waals surface area contributed by atoms with Crippen molar-refractivity contribution in [3.8, 4) is 0 Å². The number of nitrogens with two attached hydrogens (primary N) is 3. The van der Waals surface area contributed by atoms with Crippen molar-refractivity contribution in [2.24, 2.45) is 17.2 Å². The highest BCUT2D eigenvalue weighted by molar-refractivity contribution is 5.81. The molecule has 0 aliphatic heterocycles. The number of rotatable bonds is 8. The molecule has 0 heterocycles. The summed E-state index contributed by atoms with van der Waals surface area (Å²) in [5, 5.41) is 3.82. The van der Waals surface area contributed by atoms with Crippen molar-refractivity contribution in [3.05, 3.63) is 0 Å². The van der Waals surface area contributed by atoms with Gasteiger partial charge in [-0.25, -0.2) is 0 Å². The number of carbonyl (C=O) groups is 1. The normalized spacial score (nSPS) is 12.5. The molecular weight excluding hydrogens is 180 g/mol. The van der Waals surface area contributed by atoms with Crippen LogP contribution in [0.2, 0.25) is 0 Å². The Labute approximate surface area is 85.4 Å². The lowest BCUT2D eigenvalue weighted by Gasteiger charge is -2.09. The molecule has 0 aromatic heterocycles. The summed E-state index contributed by atoms with van der Waals surface area (Å²) in [5.41, 5.74) is 16.2. The van der Waals surface area contributed by atoms with E-state index in [0.717, 1.165) is 19.3 Å². The van der Waals surface area contributed by atoms with Gasteiger partial charge in [0.15, 0.2) is 0 Å². The fourth-order valence-corrected chi connectivity index (χ4v) is 1.03. The fraction of sp³-hybridized carbons (Fsp3) is 0.889. The number of unbranched alkanes of at least 4 members (excludes halogenated alkanes) is 1. The van der Waals surface area contributed by atoms with Gasteiger partial charge in [-0.1, -0.05) is 6.42 Å². The second kappa shape index (κ2) is 8.93. The largest absolute Gasteiger partial charge is 0.330 e. The third kappa shape index (κ3) is 6.82. The number of hydrogen-bond acceptors (Lipinski definition) is 4. The highest BCUT2D eigenvalue weighted by atomic mass is 16.2. The van der Waals surface area contributed by atoms with Gasteiger partial charge in [-0.2, -0.15) is 0 Å². The van der Waals surface area contributed by atoms with Crippen LogP contribution < -0.4 is 22.5 Å². The van der Waals surface area contributed by atoms with Gasteiger partial charge < -0.3 is 17.2 Å². The van der Waals surface area contributed by atoms with E-state index in [0.29, 0.717) is 26.1 Å². The summed E-state index contributed by atoms with van der Waals surface area (Å²) in [6.07, 6.45) is 3.20. The molecule has 0 saturated carbocycles. The summed E-state index contributed by atoms with van der Waals surface area (Å²) in [4.78, 5) is 11.2. The Kier molecular flexibility index (Phi) is 8.51. The Morgan fingerprint density at radius 2 is 1.79 bits per heavy atom. The average Bonchev–Trinajstić information content (AvgIpc) is 2.18. The summed E-state index contributed by atoms with van der Waals surface area (Å²) in [6.45, 7) is 1.68. The van der Waals surface area contributed by atoms with Gasteiger partial charge in [0.2, 0.25) is 0 Å². The van der Waals surface area contributed by atoms with Gasteiger partial charge in [0.25, 0.3) is 5.91 Å². The van der Waals surface area contributed by atoms with Crippen molar-refractivity contribution < 1.29 is 4.79 Å². The van der Waals surface area contributed by atoms with E-state index in [-0.39, 0.29) is 5.91 Å². The Morgan fingerprint density at radius 3 is 2.36 bits per heavy atom. The molecule has 0 fully saturated rings. The molecule has 83 valence electrons. The van der Waals surface area contributed by atoms with Gasteiger partial charge in [0.05, 0.1) is 6.04 Å². The van der Waals surface area contributed by atoms with Crippen LogP contribution in [-0.2, 0) is 4.79 Å². The first-order valence-corrected chi connectivity index (χ1v) is 5.09. The van der Waals surface area contributed by atoms with E-state index in [1.807, 2.05) is 0 Å². The van der Waals surface area contributed by atoms with Crippen LogP contribution in [-0.4, -0.2) is 31.6 Å². The maximum absolute atomic E-state index is 11.2. The zero-order chi connectivity index (χ0) is 10.8. The summed E-state index contributed by atoms with van der Waals surface area (Å²) in [5.74, 6) is -0.213. The summed E-state index contributed by atoms with van der Waals surface area (Å²) >= 11 is 0. The minimum Gasteiger partial charge on any atom is -0.330 e. The molecule has 0 aliphatic carbocycles. The lowest BCUT2D eigenvalue weighted by atomic mass is 10.1. The van der Waals surface area contributed by atoms with Crippen LogP contribution in [0.1, 0.15) is 25.7 Å². The first kappa shape index (κ1) is 13.4. The molecule has 6 N–H and O–H groups in total. The standard InChI is InChI=1S/C9H21N4O/c10-5-2-1-4-8(12)9(14)13-7-3-6-11/h8H,1-7,10-12H2. The van der Waals surface area contributed by atoms with E-state index in [1.54, 1.807) is 0 Å². The zero-order valence-corrected chi connectivity index (χ0v) is 8.61. The first-order chi connectivity index (χ1) is 6.72. The van der Waals surface area contributed by atoms with Gasteiger partial charge in [0, 0.05) is 6.54 Å². The van der Waals surface area contributed by atoms with E-state index in [2.05, 4.69) is 5.32 Å². The Morgan fingerprint density at radius 1 is 1.14 bits per heavy atom. The molecule has 1 radical (unpaired) electrons. The van der Waals surface area contributed by atoms with Crippen LogP contribution in [0.15, 0.2) is 0 Å². The van der Waals surface area contributed by atoms with Crippen LogP contribution in [0.4, 0.5) is 0 Å². The molecule has 0 bridgehead atoms. The average molecular weight is 201 g/mol. The van der Waals surface area contributed by atoms with Crippen molar-refractivity contribution in [2.75, 3.05) is 19.6 Å². The van der Waals surface area contributed by atoms with Crippen LogP contribution in [0.3, 0.4) is 0 Å². The van der Waals surface area contributed by atoms with Gasteiger partial charge in [-0.15, -0.1) is 0 Å². The molecule has 0 spiro atoms. The molecule has 0 rings (SSSR count). The van der Waals surface area contributed by atoms with E-state index in [9.17, 15) is 4.79 Å². The van der Waals surface area contributed by atoms with Crippen molar-refractivity contribution in [2.45, 2.75) is 31.7 Å². The molecule has 1 atom stereocenters. The number of hydrogen-bond donors (Lipinski definition) is 3. The maximum Gasteiger partial charge on any atom is 0.258 e. The van der Waals surface area contributed by atoms with E-state index in [1.165, 1.54) is 0 Å². The van der Waals surface area contributed by atoms with E-state index in [4.69, 9.17) is 17.2 Å². The Hall–Kier alpha value is -0.650. The molecule has 5 heteroatoms. The smallest absolute Gasteiger partial charge is 0.258 e. The Balaban J connectivity index is 3.44. The highest BCUT2D eigenvalue weighted by Crippen LogP contribution is 1.98. The fourth-order valence-electron chi connectivity index (χ4n) is 1.03. The minimum absolute atomic E-state index is 0.213. The lowest BCUT2D eigenvalue weighted by Crippen LogP contribution is -2.37. The Bertz CT molecular complexity index is 152. The van der Waals surface area contributed by atoms with E-state index < -0.39 is 6.04 Å². The third-order valence-corrected chi connectivity index (χ3v) is 1.92. The topological polar surface area (TPSA) is 109 Å². The predicted molar refractivity (Wildman–Crippen MR) is 56.6 cm³/mol. The number of carbonyl (C=O) groups excluding carboxylic acids is 1.